The third-order valence-corrected chi connectivity index (χ3v) is 2.29. The number of anilines is 1. The second-order valence-electron chi connectivity index (χ2n) is 3.49. The summed E-state index contributed by atoms with van der Waals surface area (Å²) < 4.78 is 10.3. The maximum absolute atomic E-state index is 8.75. The Morgan fingerprint density at radius 1 is 1.42 bits per heavy atom. The summed E-state index contributed by atoms with van der Waals surface area (Å²) >= 11 is 0. The lowest BCUT2D eigenvalue weighted by Crippen LogP contribution is -2.22. The summed E-state index contributed by atoms with van der Waals surface area (Å²) in [6.07, 6.45) is -0.554. The molecule has 7 heteroatoms. The predicted molar refractivity (Wildman–Crippen MR) is 71.8 cm³/mol. The molecule has 0 fully saturated rings. The second-order valence-corrected chi connectivity index (χ2v) is 3.49. The van der Waals surface area contributed by atoms with Gasteiger partial charge >= 0.3 is 0 Å². The lowest BCUT2D eigenvalue weighted by molar-refractivity contribution is -0.105. The molecule has 0 spiro atoms. The van der Waals surface area contributed by atoms with E-state index in [-0.39, 0.29) is 5.71 Å². The van der Waals surface area contributed by atoms with Crippen LogP contribution in [0.3, 0.4) is 0 Å². The van der Waals surface area contributed by atoms with Crippen LogP contribution in [0.25, 0.3) is 0 Å². The monoisotopic (exact) mass is 261 g/mol. The van der Waals surface area contributed by atoms with Crippen molar-refractivity contribution in [2.45, 2.75) is 6.29 Å². The highest BCUT2D eigenvalue weighted by Gasteiger charge is 2.13. The first-order valence-corrected chi connectivity index (χ1v) is 5.36. The first-order valence-electron chi connectivity index (χ1n) is 5.36. The van der Waals surface area contributed by atoms with Crippen molar-refractivity contribution in [3.63, 3.8) is 0 Å². The van der Waals surface area contributed by atoms with Gasteiger partial charge in [0.05, 0.1) is 5.69 Å². The number of nitrogens with one attached hydrogen (secondary N) is 2. The molecule has 0 aromatic heterocycles. The van der Waals surface area contributed by atoms with Crippen LogP contribution >= 0.6 is 0 Å². The third kappa shape index (κ3) is 3.77. The van der Waals surface area contributed by atoms with Gasteiger partial charge in [-0.05, 0) is 6.07 Å². The smallest absolute Gasteiger partial charge is 0.201 e. The molecule has 0 unspecified atom stereocenters. The Kier molecular flexibility index (Phi) is 5.47. The van der Waals surface area contributed by atoms with Crippen molar-refractivity contribution in [2.75, 3.05) is 19.6 Å². The number of nitrogens with zero attached hydrogens (tertiary/aromatic N) is 2. The topological polar surface area (TPSA) is 117 Å². The minimum Gasteiger partial charge on any atom is -0.382 e. The molecule has 0 saturated carbocycles. The molecule has 4 N–H and O–H groups in total. The van der Waals surface area contributed by atoms with Crippen molar-refractivity contribution in [1.29, 1.82) is 10.7 Å². The number of hydrazone groups is 1. The largest absolute Gasteiger partial charge is 0.382 e. The van der Waals surface area contributed by atoms with E-state index in [1.165, 1.54) is 14.2 Å². The van der Waals surface area contributed by atoms with E-state index in [9.17, 15) is 0 Å². The highest BCUT2D eigenvalue weighted by molar-refractivity contribution is 6.45. The summed E-state index contributed by atoms with van der Waals surface area (Å²) in [7, 11) is 3.04. The summed E-state index contributed by atoms with van der Waals surface area (Å²) in [5, 5.41) is 19.7. The average Bonchev–Trinajstić information content (AvgIpc) is 2.42. The van der Waals surface area contributed by atoms with Crippen molar-refractivity contribution in [2.24, 2.45) is 10.8 Å². The lowest BCUT2D eigenvalue weighted by Gasteiger charge is -2.17. The highest BCUT2D eigenvalue weighted by Crippen LogP contribution is 2.25. The van der Waals surface area contributed by atoms with Crippen LogP contribution in [0, 0.1) is 16.7 Å². The molecular formula is C12H15N5O2. The molecule has 100 valence electrons. The van der Waals surface area contributed by atoms with E-state index in [1.807, 2.05) is 6.07 Å². The van der Waals surface area contributed by atoms with Crippen LogP contribution in [0.15, 0.2) is 29.4 Å². The van der Waals surface area contributed by atoms with E-state index in [0.29, 0.717) is 5.69 Å². The summed E-state index contributed by atoms with van der Waals surface area (Å²) in [5.74, 6) is -0.400. The van der Waals surface area contributed by atoms with Crippen LogP contribution < -0.4 is 11.2 Å². The maximum Gasteiger partial charge on any atom is 0.201 e. The standard InChI is InChI=1S/C12H15N5O2/c1-18-12(19-2)8-5-3-4-6-9(8)16-17-10(7-13)11(14)15/h3-6,12,16H,1-2H3,(H3,14,15)/b17-10+. The van der Waals surface area contributed by atoms with Gasteiger partial charge in [-0.25, -0.2) is 0 Å². The van der Waals surface area contributed by atoms with Crippen LogP contribution in [-0.2, 0) is 9.47 Å². The minimum absolute atomic E-state index is 0.193. The number of amidine groups is 1. The molecular weight excluding hydrogens is 246 g/mol. The first-order chi connectivity index (χ1) is 9.13. The fourth-order valence-electron chi connectivity index (χ4n) is 1.42. The molecule has 0 atom stereocenters. The number of nitrogens with two attached hydrogens (primary N) is 1. The van der Waals surface area contributed by atoms with Gasteiger partial charge in [0, 0.05) is 19.8 Å². The zero-order valence-corrected chi connectivity index (χ0v) is 10.7. The van der Waals surface area contributed by atoms with Gasteiger partial charge in [0.1, 0.15) is 6.07 Å². The fourth-order valence-corrected chi connectivity index (χ4v) is 1.42. The first kappa shape index (κ1) is 14.6. The molecule has 0 amide bonds. The van der Waals surface area contributed by atoms with Gasteiger partial charge in [0.15, 0.2) is 12.1 Å². The lowest BCUT2D eigenvalue weighted by atomic mass is 10.2. The zero-order valence-electron chi connectivity index (χ0n) is 10.7. The predicted octanol–water partition coefficient (Wildman–Crippen LogP) is 1.21. The summed E-state index contributed by atoms with van der Waals surface area (Å²) in [6.45, 7) is 0. The number of benzene rings is 1. The minimum atomic E-state index is -0.554. The summed E-state index contributed by atoms with van der Waals surface area (Å²) in [5.41, 5.74) is 9.01. The molecule has 1 rings (SSSR count). The number of hydrogen-bond donors (Lipinski definition) is 3. The van der Waals surface area contributed by atoms with Crippen molar-refractivity contribution in [1.82, 2.24) is 0 Å². The van der Waals surface area contributed by atoms with E-state index in [0.717, 1.165) is 5.56 Å². The molecule has 7 nitrogen and oxygen atoms in total. The van der Waals surface area contributed by atoms with E-state index in [1.54, 1.807) is 24.3 Å². The number of ether oxygens (including phenoxy) is 2. The van der Waals surface area contributed by atoms with Gasteiger partial charge in [-0.2, -0.15) is 10.4 Å². The van der Waals surface area contributed by atoms with Gasteiger partial charge in [0.2, 0.25) is 5.71 Å². The molecule has 1 aromatic carbocycles. The van der Waals surface area contributed by atoms with Crippen LogP contribution in [0.1, 0.15) is 11.9 Å². The van der Waals surface area contributed by atoms with Crippen LogP contribution in [0.5, 0.6) is 0 Å². The van der Waals surface area contributed by atoms with Crippen LogP contribution in [0.2, 0.25) is 0 Å². The van der Waals surface area contributed by atoms with Crippen molar-refractivity contribution in [3.8, 4) is 6.07 Å². The molecule has 19 heavy (non-hydrogen) atoms. The summed E-state index contributed by atoms with van der Waals surface area (Å²) in [4.78, 5) is 0. The molecule has 1 aromatic rings. The van der Waals surface area contributed by atoms with E-state index < -0.39 is 12.1 Å². The average molecular weight is 261 g/mol. The molecule has 0 aliphatic carbocycles. The van der Waals surface area contributed by atoms with E-state index >= 15 is 0 Å². The van der Waals surface area contributed by atoms with Crippen molar-refractivity contribution >= 4 is 17.2 Å². The van der Waals surface area contributed by atoms with Gasteiger partial charge < -0.3 is 15.2 Å². The SMILES string of the molecule is COC(OC)c1ccccc1N/N=C(\C#N)C(=N)N. The number of hydrogen-bond acceptors (Lipinski definition) is 6. The Hall–Kier alpha value is -2.43. The Morgan fingerprint density at radius 3 is 2.58 bits per heavy atom. The Morgan fingerprint density at radius 2 is 2.05 bits per heavy atom. The molecule has 0 heterocycles. The maximum atomic E-state index is 8.75. The molecule has 0 radical (unpaired) electrons. The van der Waals surface area contributed by atoms with Crippen molar-refractivity contribution < 1.29 is 9.47 Å². The zero-order chi connectivity index (χ0) is 14.3. The molecule has 0 aliphatic rings. The van der Waals surface area contributed by atoms with Crippen molar-refractivity contribution in [3.05, 3.63) is 29.8 Å². The second kappa shape index (κ2) is 7.10. The van der Waals surface area contributed by atoms with E-state index in [2.05, 4.69) is 10.5 Å². The number of para-hydroxylation sites is 1. The third-order valence-electron chi connectivity index (χ3n) is 2.29. The quantitative estimate of drug-likeness (QED) is 0.308. The number of rotatable bonds is 6. The van der Waals surface area contributed by atoms with E-state index in [4.69, 9.17) is 25.9 Å². The van der Waals surface area contributed by atoms with Crippen LogP contribution in [0.4, 0.5) is 5.69 Å². The normalized spacial score (nSPS) is 11.2. The Labute approximate surface area is 111 Å². The van der Waals surface area contributed by atoms with Crippen LogP contribution in [-0.4, -0.2) is 25.8 Å². The number of methoxy groups -OCH3 is 2. The fraction of sp³-hybridized carbons (Fsp3) is 0.250. The van der Waals surface area contributed by atoms with Gasteiger partial charge in [-0.3, -0.25) is 10.8 Å². The Balaban J connectivity index is 3.02. The van der Waals surface area contributed by atoms with Gasteiger partial charge in [0.25, 0.3) is 0 Å². The van der Waals surface area contributed by atoms with Gasteiger partial charge in [-0.15, -0.1) is 0 Å². The highest BCUT2D eigenvalue weighted by atomic mass is 16.7. The number of nitriles is 1. The molecule has 0 bridgehead atoms. The van der Waals surface area contributed by atoms with Gasteiger partial charge in [-0.1, -0.05) is 18.2 Å². The molecule has 0 saturated heterocycles. The molecule has 0 aliphatic heterocycles. The Bertz CT molecular complexity index is 517. The summed E-state index contributed by atoms with van der Waals surface area (Å²) in [6, 6.07) is 8.89.